The van der Waals surface area contributed by atoms with E-state index in [1.54, 1.807) is 25.6 Å². The summed E-state index contributed by atoms with van der Waals surface area (Å²) in [5.74, 6) is 0.849. The molecule has 2 aromatic rings. The number of pyridine rings is 1. The van der Waals surface area contributed by atoms with Gasteiger partial charge in [-0.2, -0.15) is 4.98 Å². The fourth-order valence-electron chi connectivity index (χ4n) is 1.57. The highest BCUT2D eigenvalue weighted by atomic mass is 16.5. The molecule has 106 valence electrons. The maximum Gasteiger partial charge on any atom is 0.227 e. The molecule has 0 unspecified atom stereocenters. The Hall–Kier alpha value is -2.28. The van der Waals surface area contributed by atoms with Crippen LogP contribution in [0.1, 0.15) is 12.3 Å². The van der Waals surface area contributed by atoms with E-state index >= 15 is 0 Å². The first-order valence-electron chi connectivity index (χ1n) is 6.28. The topological polar surface area (TPSA) is 90.1 Å². The molecule has 1 N–H and O–H groups in total. The molecular formula is C13H16N4O3. The van der Waals surface area contributed by atoms with E-state index in [9.17, 15) is 4.79 Å². The molecule has 2 heterocycles. The van der Waals surface area contributed by atoms with Gasteiger partial charge in [0.1, 0.15) is 0 Å². The number of aromatic nitrogens is 3. The lowest BCUT2D eigenvalue weighted by molar-refractivity contribution is -0.121. The van der Waals surface area contributed by atoms with Crippen molar-refractivity contribution in [3.63, 3.8) is 0 Å². The van der Waals surface area contributed by atoms with Gasteiger partial charge in [-0.3, -0.25) is 9.78 Å². The average Bonchev–Trinajstić information content (AvgIpc) is 2.95. The lowest BCUT2D eigenvalue weighted by atomic mass is 10.2. The smallest absolute Gasteiger partial charge is 0.227 e. The summed E-state index contributed by atoms with van der Waals surface area (Å²) in [4.78, 5) is 19.7. The van der Waals surface area contributed by atoms with Crippen LogP contribution < -0.4 is 5.32 Å². The summed E-state index contributed by atoms with van der Waals surface area (Å²) in [7, 11) is 1.59. The van der Waals surface area contributed by atoms with Crippen molar-refractivity contribution in [2.24, 2.45) is 0 Å². The van der Waals surface area contributed by atoms with Gasteiger partial charge in [0.05, 0.1) is 6.61 Å². The maximum absolute atomic E-state index is 11.5. The Bertz CT molecular complexity index is 542. The normalized spacial score (nSPS) is 10.4. The third-order valence-corrected chi connectivity index (χ3v) is 2.58. The van der Waals surface area contributed by atoms with Gasteiger partial charge >= 0.3 is 0 Å². The van der Waals surface area contributed by atoms with Crippen molar-refractivity contribution in [3.05, 3.63) is 30.4 Å². The number of methoxy groups -OCH3 is 1. The predicted molar refractivity (Wildman–Crippen MR) is 70.7 cm³/mol. The first-order valence-corrected chi connectivity index (χ1v) is 6.28. The van der Waals surface area contributed by atoms with Gasteiger partial charge < -0.3 is 14.6 Å². The van der Waals surface area contributed by atoms with Crippen molar-refractivity contribution in [1.29, 1.82) is 0 Å². The monoisotopic (exact) mass is 276 g/mol. The van der Waals surface area contributed by atoms with E-state index in [-0.39, 0.29) is 5.91 Å². The first kappa shape index (κ1) is 14.1. The molecule has 0 aliphatic heterocycles. The maximum atomic E-state index is 11.5. The SMILES string of the molecule is COCCNC(=O)CCc1nc(-c2cccnc2)no1. The summed E-state index contributed by atoms with van der Waals surface area (Å²) >= 11 is 0. The van der Waals surface area contributed by atoms with Crippen LogP contribution in [0.25, 0.3) is 11.4 Å². The molecule has 0 fully saturated rings. The van der Waals surface area contributed by atoms with E-state index in [2.05, 4.69) is 20.4 Å². The quantitative estimate of drug-likeness (QED) is 0.753. The lowest BCUT2D eigenvalue weighted by Gasteiger charge is -2.02. The highest BCUT2D eigenvalue weighted by molar-refractivity contribution is 5.75. The zero-order valence-corrected chi connectivity index (χ0v) is 11.2. The standard InChI is InChI=1S/C13H16N4O3/c1-19-8-7-15-11(18)4-5-12-16-13(17-20-12)10-3-2-6-14-9-10/h2-3,6,9H,4-5,7-8H2,1H3,(H,15,18). The molecule has 0 saturated heterocycles. The number of amides is 1. The highest BCUT2D eigenvalue weighted by Gasteiger charge is 2.10. The minimum atomic E-state index is -0.0665. The van der Waals surface area contributed by atoms with Crippen LogP contribution in [0.4, 0.5) is 0 Å². The highest BCUT2D eigenvalue weighted by Crippen LogP contribution is 2.14. The van der Waals surface area contributed by atoms with Crippen LogP contribution >= 0.6 is 0 Å². The van der Waals surface area contributed by atoms with E-state index in [1.165, 1.54) is 0 Å². The van der Waals surface area contributed by atoms with E-state index < -0.39 is 0 Å². The van der Waals surface area contributed by atoms with Crippen LogP contribution in [0.3, 0.4) is 0 Å². The van der Waals surface area contributed by atoms with Crippen molar-refractivity contribution in [2.75, 3.05) is 20.3 Å². The van der Waals surface area contributed by atoms with Crippen LogP contribution in [0, 0.1) is 0 Å². The molecular weight excluding hydrogens is 260 g/mol. The average molecular weight is 276 g/mol. The first-order chi connectivity index (χ1) is 9.79. The number of aryl methyl sites for hydroxylation is 1. The third kappa shape index (κ3) is 4.13. The Balaban J connectivity index is 1.83. The Morgan fingerprint density at radius 2 is 2.40 bits per heavy atom. The number of carbonyl (C=O) groups is 1. The predicted octanol–water partition coefficient (Wildman–Crippen LogP) is 0.827. The summed E-state index contributed by atoms with van der Waals surface area (Å²) < 4.78 is 9.95. The molecule has 0 aliphatic carbocycles. The molecule has 0 saturated carbocycles. The van der Waals surface area contributed by atoms with Crippen molar-refractivity contribution >= 4 is 5.91 Å². The van der Waals surface area contributed by atoms with Gasteiger partial charge in [-0.1, -0.05) is 5.16 Å². The molecule has 0 aromatic carbocycles. The second kappa shape index (κ2) is 7.34. The zero-order valence-electron chi connectivity index (χ0n) is 11.2. The summed E-state index contributed by atoms with van der Waals surface area (Å²) in [6, 6.07) is 3.65. The van der Waals surface area contributed by atoms with Crippen molar-refractivity contribution < 1.29 is 14.1 Å². The van der Waals surface area contributed by atoms with Gasteiger partial charge in [-0.25, -0.2) is 0 Å². The number of hydrogen-bond acceptors (Lipinski definition) is 6. The molecule has 0 spiro atoms. The Morgan fingerprint density at radius 3 is 3.15 bits per heavy atom. The fraction of sp³-hybridized carbons (Fsp3) is 0.385. The molecule has 0 radical (unpaired) electrons. The number of rotatable bonds is 7. The van der Waals surface area contributed by atoms with Crippen LogP contribution in [0.15, 0.2) is 29.0 Å². The van der Waals surface area contributed by atoms with E-state index in [0.717, 1.165) is 5.56 Å². The van der Waals surface area contributed by atoms with Crippen molar-refractivity contribution in [3.8, 4) is 11.4 Å². The Labute approximate surface area is 116 Å². The van der Waals surface area contributed by atoms with Gasteiger partial charge in [-0.15, -0.1) is 0 Å². The van der Waals surface area contributed by atoms with Crippen LogP contribution in [-0.2, 0) is 16.0 Å². The van der Waals surface area contributed by atoms with Crippen molar-refractivity contribution in [2.45, 2.75) is 12.8 Å². The lowest BCUT2D eigenvalue weighted by Crippen LogP contribution is -2.27. The number of ether oxygens (including phenoxy) is 1. The van der Waals surface area contributed by atoms with Gasteiger partial charge in [0.25, 0.3) is 0 Å². The van der Waals surface area contributed by atoms with Crippen LogP contribution in [-0.4, -0.2) is 41.3 Å². The molecule has 20 heavy (non-hydrogen) atoms. The van der Waals surface area contributed by atoms with Crippen molar-refractivity contribution in [1.82, 2.24) is 20.4 Å². The number of nitrogens with one attached hydrogen (secondary N) is 1. The van der Waals surface area contributed by atoms with E-state index in [4.69, 9.17) is 9.26 Å². The summed E-state index contributed by atoms with van der Waals surface area (Å²) in [5.41, 5.74) is 0.784. The molecule has 2 aromatic heterocycles. The molecule has 1 amide bonds. The minimum absolute atomic E-state index is 0.0665. The second-order valence-corrected chi connectivity index (χ2v) is 4.10. The number of nitrogens with zero attached hydrogens (tertiary/aromatic N) is 3. The Morgan fingerprint density at radius 1 is 1.50 bits per heavy atom. The van der Waals surface area contributed by atoms with E-state index in [1.807, 2.05) is 6.07 Å². The van der Waals surface area contributed by atoms with Crippen LogP contribution in [0.5, 0.6) is 0 Å². The van der Waals surface area contributed by atoms with E-state index in [0.29, 0.717) is 37.7 Å². The molecule has 2 rings (SSSR count). The molecule has 0 bridgehead atoms. The molecule has 0 aliphatic rings. The van der Waals surface area contributed by atoms with Gasteiger partial charge in [0.2, 0.25) is 17.6 Å². The Kier molecular flexibility index (Phi) is 5.19. The molecule has 7 heteroatoms. The summed E-state index contributed by atoms with van der Waals surface area (Å²) in [6.07, 6.45) is 4.05. The second-order valence-electron chi connectivity index (χ2n) is 4.10. The summed E-state index contributed by atoms with van der Waals surface area (Å²) in [5, 5.41) is 6.59. The molecule has 0 atom stereocenters. The minimum Gasteiger partial charge on any atom is -0.383 e. The summed E-state index contributed by atoms with van der Waals surface area (Å²) in [6.45, 7) is 0.998. The fourth-order valence-corrected chi connectivity index (χ4v) is 1.57. The largest absolute Gasteiger partial charge is 0.383 e. The number of hydrogen-bond donors (Lipinski definition) is 1. The van der Waals surface area contributed by atoms with Gasteiger partial charge in [0, 0.05) is 44.5 Å². The molecule has 7 nitrogen and oxygen atoms in total. The van der Waals surface area contributed by atoms with Gasteiger partial charge in [0.15, 0.2) is 0 Å². The van der Waals surface area contributed by atoms with Gasteiger partial charge in [-0.05, 0) is 12.1 Å². The number of carbonyl (C=O) groups excluding carboxylic acids is 1. The third-order valence-electron chi connectivity index (χ3n) is 2.58. The zero-order chi connectivity index (χ0) is 14.2. The van der Waals surface area contributed by atoms with Crippen LogP contribution in [0.2, 0.25) is 0 Å².